The van der Waals surface area contributed by atoms with Crippen LogP contribution in [0.15, 0.2) is 36.4 Å². The highest BCUT2D eigenvalue weighted by atomic mass is 16.5. The fraction of sp³-hybridized carbons (Fsp3) is 0.519. The summed E-state index contributed by atoms with van der Waals surface area (Å²) in [6.45, 7) is 6.63. The molecule has 4 rings (SSSR count). The van der Waals surface area contributed by atoms with Crippen LogP contribution in [0.5, 0.6) is 17.2 Å². The third kappa shape index (κ3) is 6.87. The van der Waals surface area contributed by atoms with E-state index in [-0.39, 0.29) is 12.0 Å². The number of amides is 1. The number of anilines is 1. The summed E-state index contributed by atoms with van der Waals surface area (Å²) in [5.41, 5.74) is 3.10. The number of benzene rings is 2. The van der Waals surface area contributed by atoms with E-state index < -0.39 is 0 Å². The molecular formula is C27H36N2O5. The molecule has 7 heteroatoms. The van der Waals surface area contributed by atoms with Gasteiger partial charge in [-0.2, -0.15) is 0 Å². The lowest BCUT2D eigenvalue weighted by Crippen LogP contribution is -2.23. The molecule has 1 amide bonds. The summed E-state index contributed by atoms with van der Waals surface area (Å²) in [4.78, 5) is 11.6. The highest BCUT2D eigenvalue weighted by molar-refractivity contribution is 5.94. The number of hydrogen-bond acceptors (Lipinski definition) is 6. The number of hydrogen-bond donors (Lipinski definition) is 2. The number of carbonyl (C=O) groups is 1. The molecule has 1 atom stereocenters. The predicted molar refractivity (Wildman–Crippen MR) is 132 cm³/mol. The lowest BCUT2D eigenvalue weighted by Gasteiger charge is -2.26. The molecular weight excluding hydrogens is 432 g/mol. The van der Waals surface area contributed by atoms with E-state index in [2.05, 4.69) is 23.6 Å². The first kappa shape index (κ1) is 24.4. The first-order valence-electron chi connectivity index (χ1n) is 12.5. The van der Waals surface area contributed by atoms with Gasteiger partial charge in [0.15, 0.2) is 0 Å². The van der Waals surface area contributed by atoms with Crippen molar-refractivity contribution in [2.24, 2.45) is 0 Å². The molecule has 2 aromatic rings. The summed E-state index contributed by atoms with van der Waals surface area (Å²) >= 11 is 0. The molecule has 2 N–H and O–H groups in total. The first-order chi connectivity index (χ1) is 16.7. The maximum absolute atomic E-state index is 11.6. The predicted octanol–water partition coefficient (Wildman–Crippen LogP) is 4.65. The number of aryl methyl sites for hydroxylation is 1. The van der Waals surface area contributed by atoms with Crippen LogP contribution in [0, 0.1) is 0 Å². The molecule has 2 heterocycles. The summed E-state index contributed by atoms with van der Waals surface area (Å²) in [7, 11) is 0. The number of ether oxygens (including phenoxy) is 4. The molecule has 0 spiro atoms. The van der Waals surface area contributed by atoms with Crippen molar-refractivity contribution in [1.29, 1.82) is 0 Å². The summed E-state index contributed by atoms with van der Waals surface area (Å²) in [5, 5.41) is 6.29. The van der Waals surface area contributed by atoms with Gasteiger partial charge in [-0.1, -0.05) is 13.0 Å². The topological polar surface area (TPSA) is 78.1 Å². The number of rotatable bonds is 13. The maximum atomic E-state index is 11.6. The average Bonchev–Trinajstić information content (AvgIpc) is 2.85. The molecule has 0 bridgehead atoms. The molecule has 2 aromatic carbocycles. The van der Waals surface area contributed by atoms with Crippen molar-refractivity contribution in [3.63, 3.8) is 0 Å². The third-order valence-electron chi connectivity index (χ3n) is 6.04. The monoisotopic (exact) mass is 468 g/mol. The number of fused-ring (bicyclic) bond motifs is 2. The van der Waals surface area contributed by atoms with Crippen LogP contribution in [0.3, 0.4) is 0 Å². The molecule has 7 nitrogen and oxygen atoms in total. The van der Waals surface area contributed by atoms with Gasteiger partial charge in [-0.15, -0.1) is 0 Å². The quantitative estimate of drug-likeness (QED) is 0.417. The molecule has 2 aliphatic heterocycles. The Balaban J connectivity index is 1.18. The molecule has 2 aliphatic rings. The zero-order valence-corrected chi connectivity index (χ0v) is 20.1. The van der Waals surface area contributed by atoms with Crippen LogP contribution in [0.2, 0.25) is 0 Å². The minimum Gasteiger partial charge on any atom is -0.494 e. The van der Waals surface area contributed by atoms with E-state index in [1.807, 2.05) is 30.3 Å². The average molecular weight is 469 g/mol. The highest BCUT2D eigenvalue weighted by Crippen LogP contribution is 2.37. The zero-order valence-electron chi connectivity index (χ0n) is 20.1. The Morgan fingerprint density at radius 3 is 2.62 bits per heavy atom. The summed E-state index contributed by atoms with van der Waals surface area (Å²) in [6.07, 6.45) is 5.14. The summed E-state index contributed by atoms with van der Waals surface area (Å²) in [6, 6.07) is 11.9. The van der Waals surface area contributed by atoms with Crippen LogP contribution in [-0.4, -0.2) is 45.4 Å². The van der Waals surface area contributed by atoms with E-state index in [4.69, 9.17) is 18.9 Å². The van der Waals surface area contributed by atoms with Crippen LogP contribution in [0.4, 0.5) is 5.69 Å². The van der Waals surface area contributed by atoms with E-state index in [9.17, 15) is 4.79 Å². The Morgan fingerprint density at radius 1 is 1.00 bits per heavy atom. The second-order valence-corrected chi connectivity index (χ2v) is 8.72. The zero-order chi connectivity index (χ0) is 23.6. The number of carbonyl (C=O) groups excluding carboxylic acids is 1. The van der Waals surface area contributed by atoms with E-state index in [0.717, 1.165) is 79.3 Å². The van der Waals surface area contributed by atoms with Crippen molar-refractivity contribution in [1.82, 2.24) is 5.32 Å². The van der Waals surface area contributed by atoms with Gasteiger partial charge >= 0.3 is 0 Å². The summed E-state index contributed by atoms with van der Waals surface area (Å²) in [5.74, 6) is 2.58. The van der Waals surface area contributed by atoms with E-state index in [1.54, 1.807) is 0 Å². The standard InChI is InChI=1S/C27H36N2O5/c1-2-12-28-13-17-34-26-11-16-33-25-9-8-21(18-23(25)26)31-14-3-4-15-32-22-7-5-20-6-10-27(30)29-24(20)19-22/h5,7-9,18-19,26,28H,2-4,6,10-17H2,1H3,(H,29,30). The van der Waals surface area contributed by atoms with Crippen molar-refractivity contribution in [3.05, 3.63) is 47.5 Å². The second kappa shape index (κ2) is 12.6. The Hall–Kier alpha value is -2.77. The molecule has 0 saturated carbocycles. The van der Waals surface area contributed by atoms with Gasteiger partial charge in [0.25, 0.3) is 0 Å². The Labute approximate surface area is 202 Å². The van der Waals surface area contributed by atoms with Gasteiger partial charge in [-0.05, 0) is 62.1 Å². The fourth-order valence-electron chi connectivity index (χ4n) is 4.20. The maximum Gasteiger partial charge on any atom is 0.224 e. The number of unbranched alkanes of at least 4 members (excludes halogenated alkanes) is 1. The van der Waals surface area contributed by atoms with E-state index >= 15 is 0 Å². The molecule has 0 saturated heterocycles. The van der Waals surface area contributed by atoms with Gasteiger partial charge in [-0.25, -0.2) is 0 Å². The van der Waals surface area contributed by atoms with Gasteiger partial charge in [0.05, 0.1) is 32.5 Å². The largest absolute Gasteiger partial charge is 0.494 e. The lowest BCUT2D eigenvalue weighted by molar-refractivity contribution is -0.116. The van der Waals surface area contributed by atoms with Crippen molar-refractivity contribution in [2.75, 3.05) is 44.8 Å². The van der Waals surface area contributed by atoms with E-state index in [0.29, 0.717) is 32.8 Å². The minimum absolute atomic E-state index is 0.0468. The SMILES string of the molecule is CCCNCCOC1CCOc2ccc(OCCCCOc3ccc4c(c3)NC(=O)CC4)cc21. The van der Waals surface area contributed by atoms with Crippen molar-refractivity contribution < 1.29 is 23.7 Å². The van der Waals surface area contributed by atoms with Crippen molar-refractivity contribution in [3.8, 4) is 17.2 Å². The third-order valence-corrected chi connectivity index (χ3v) is 6.04. The normalized spacial score (nSPS) is 16.7. The van der Waals surface area contributed by atoms with Crippen molar-refractivity contribution >= 4 is 11.6 Å². The number of nitrogens with one attached hydrogen (secondary N) is 2. The van der Waals surface area contributed by atoms with Crippen LogP contribution in [0.1, 0.15) is 56.3 Å². The van der Waals surface area contributed by atoms with Gasteiger partial charge in [0.2, 0.25) is 5.91 Å². The van der Waals surface area contributed by atoms with Gasteiger partial charge in [-0.3, -0.25) is 4.79 Å². The van der Waals surface area contributed by atoms with Gasteiger partial charge < -0.3 is 29.6 Å². The summed E-state index contributed by atoms with van der Waals surface area (Å²) < 4.78 is 23.8. The Kier molecular flexibility index (Phi) is 9.04. The van der Waals surface area contributed by atoms with Crippen LogP contribution in [-0.2, 0) is 16.0 Å². The van der Waals surface area contributed by atoms with Gasteiger partial charge in [0.1, 0.15) is 17.2 Å². The highest BCUT2D eigenvalue weighted by Gasteiger charge is 2.23. The minimum atomic E-state index is 0.0468. The van der Waals surface area contributed by atoms with Crippen LogP contribution < -0.4 is 24.8 Å². The lowest BCUT2D eigenvalue weighted by atomic mass is 10.0. The van der Waals surface area contributed by atoms with Crippen molar-refractivity contribution in [2.45, 2.75) is 51.6 Å². The van der Waals surface area contributed by atoms with Gasteiger partial charge in [0, 0.05) is 36.7 Å². The Morgan fingerprint density at radius 2 is 1.79 bits per heavy atom. The molecule has 184 valence electrons. The van der Waals surface area contributed by atoms with E-state index in [1.165, 1.54) is 0 Å². The smallest absolute Gasteiger partial charge is 0.224 e. The second-order valence-electron chi connectivity index (χ2n) is 8.72. The molecule has 0 fully saturated rings. The molecule has 0 radical (unpaired) electrons. The first-order valence-corrected chi connectivity index (χ1v) is 12.5. The molecule has 34 heavy (non-hydrogen) atoms. The van der Waals surface area contributed by atoms with Crippen LogP contribution in [0.25, 0.3) is 0 Å². The molecule has 0 aliphatic carbocycles. The van der Waals surface area contributed by atoms with Crippen LogP contribution >= 0.6 is 0 Å². The molecule has 1 unspecified atom stereocenters. The fourth-order valence-corrected chi connectivity index (χ4v) is 4.20. The Bertz CT molecular complexity index is 949. The molecule has 0 aromatic heterocycles.